The molecule has 0 aromatic heterocycles. The Labute approximate surface area is 166 Å². The molecular formula is C20H20F2N4O3. The number of hydrogen-bond donors (Lipinski definition) is 1. The molecule has 0 radical (unpaired) electrons. The second-order valence-electron chi connectivity index (χ2n) is 6.61. The zero-order chi connectivity index (χ0) is 21.0. The minimum absolute atomic E-state index is 0.217. The monoisotopic (exact) mass is 402 g/mol. The Kier molecular flexibility index (Phi) is 5.97. The fraction of sp³-hybridized carbons (Fsp3) is 0.300. The molecule has 3 rings (SSSR count). The van der Waals surface area contributed by atoms with Gasteiger partial charge in [-0.05, 0) is 38.1 Å². The molecule has 0 spiro atoms. The molecular weight excluding hydrogens is 382 g/mol. The predicted octanol–water partition coefficient (Wildman–Crippen LogP) is 3.23. The number of benzene rings is 2. The molecule has 1 amide bonds. The Morgan fingerprint density at radius 3 is 2.66 bits per heavy atom. The van der Waals surface area contributed by atoms with Crippen molar-refractivity contribution in [1.82, 2.24) is 5.01 Å². The average Bonchev–Trinajstić information content (AvgIpc) is 3.14. The number of ether oxygens (including phenoxy) is 1. The van der Waals surface area contributed by atoms with E-state index in [-0.39, 0.29) is 17.9 Å². The maximum Gasteiger partial charge on any atom is 0.274 e. The summed E-state index contributed by atoms with van der Waals surface area (Å²) in [6.07, 6.45) is 0.658. The highest BCUT2D eigenvalue weighted by Crippen LogP contribution is 2.41. The van der Waals surface area contributed by atoms with Gasteiger partial charge in [-0.25, -0.2) is 8.78 Å². The third kappa shape index (κ3) is 3.86. The van der Waals surface area contributed by atoms with Crippen molar-refractivity contribution in [3.63, 3.8) is 0 Å². The number of carbonyl (C=O) groups is 1. The summed E-state index contributed by atoms with van der Waals surface area (Å²) in [5.41, 5.74) is 4.51. The van der Waals surface area contributed by atoms with Crippen molar-refractivity contribution < 1.29 is 18.3 Å². The maximum absolute atomic E-state index is 14.4. The van der Waals surface area contributed by atoms with Gasteiger partial charge in [-0.1, -0.05) is 35.5 Å². The van der Waals surface area contributed by atoms with E-state index in [9.17, 15) is 18.5 Å². The van der Waals surface area contributed by atoms with E-state index in [1.54, 1.807) is 30.3 Å². The van der Waals surface area contributed by atoms with Gasteiger partial charge in [0.25, 0.3) is 5.91 Å². The van der Waals surface area contributed by atoms with Crippen molar-refractivity contribution in [2.45, 2.75) is 31.5 Å². The van der Waals surface area contributed by atoms with Crippen molar-refractivity contribution in [2.24, 2.45) is 16.0 Å². The van der Waals surface area contributed by atoms with Crippen LogP contribution in [-0.2, 0) is 15.3 Å². The van der Waals surface area contributed by atoms with Gasteiger partial charge in [-0.2, -0.15) is 5.01 Å². The number of nitrogens with two attached hydrogens (primary N) is 1. The van der Waals surface area contributed by atoms with E-state index in [4.69, 9.17) is 10.5 Å². The molecule has 2 aromatic carbocycles. The van der Waals surface area contributed by atoms with E-state index < -0.39 is 29.3 Å². The van der Waals surface area contributed by atoms with Crippen LogP contribution in [0.15, 0.2) is 58.8 Å². The quantitative estimate of drug-likeness (QED) is 0.719. The van der Waals surface area contributed by atoms with Crippen LogP contribution in [-0.4, -0.2) is 29.4 Å². The Balaban J connectivity index is 2.16. The van der Waals surface area contributed by atoms with Crippen LogP contribution in [0.4, 0.5) is 8.78 Å². The number of hydrazone groups is 1. The first kappa shape index (κ1) is 20.5. The average molecular weight is 402 g/mol. The maximum atomic E-state index is 14.4. The van der Waals surface area contributed by atoms with Crippen molar-refractivity contribution in [3.05, 3.63) is 76.2 Å². The summed E-state index contributed by atoms with van der Waals surface area (Å²) in [4.78, 5) is 23.9. The number of hydrogen-bond acceptors (Lipinski definition) is 6. The first-order chi connectivity index (χ1) is 13.9. The van der Waals surface area contributed by atoms with Crippen molar-refractivity contribution in [1.29, 1.82) is 0 Å². The number of carbonyl (C=O) groups excluding carboxylic acids is 1. The molecule has 1 heterocycles. The van der Waals surface area contributed by atoms with Crippen molar-refractivity contribution >= 4 is 11.8 Å². The largest absolute Gasteiger partial charge is 0.443 e. The smallest absolute Gasteiger partial charge is 0.274 e. The van der Waals surface area contributed by atoms with Crippen LogP contribution in [0.3, 0.4) is 0 Å². The molecule has 0 saturated carbocycles. The van der Waals surface area contributed by atoms with Crippen LogP contribution in [0.2, 0.25) is 0 Å². The minimum atomic E-state index is -1.47. The highest BCUT2D eigenvalue weighted by molar-refractivity contribution is 5.97. The number of rotatable bonds is 7. The molecule has 0 bridgehead atoms. The molecule has 2 atom stereocenters. The summed E-state index contributed by atoms with van der Waals surface area (Å²) in [5.74, 6) is -2.45. The van der Waals surface area contributed by atoms with Gasteiger partial charge in [0.15, 0.2) is 6.04 Å². The molecule has 1 aliphatic heterocycles. The van der Waals surface area contributed by atoms with Gasteiger partial charge < -0.3 is 10.5 Å². The molecule has 2 N–H and O–H groups in total. The zero-order valence-electron chi connectivity index (χ0n) is 15.7. The van der Waals surface area contributed by atoms with E-state index in [1.165, 1.54) is 6.92 Å². The van der Waals surface area contributed by atoms with E-state index in [2.05, 4.69) is 10.3 Å². The summed E-state index contributed by atoms with van der Waals surface area (Å²) < 4.78 is 34.1. The standard InChI is InChI=1S/C20H20F2N4O3/c1-13(25-28)19(27)26-20(10-5-11-23,14-6-3-2-4-7-14)29-18(24-26)16-12-15(21)8-9-17(16)22/h2-4,6-9,12-13H,5,10-11,23H2,1H3. The Hall–Kier alpha value is -3.20. The van der Waals surface area contributed by atoms with Gasteiger partial charge in [0.2, 0.25) is 11.6 Å². The Bertz CT molecular complexity index is 939. The third-order valence-corrected chi connectivity index (χ3v) is 4.63. The molecule has 7 nitrogen and oxygen atoms in total. The predicted molar refractivity (Wildman–Crippen MR) is 102 cm³/mol. The molecule has 0 fully saturated rings. The number of nitrogens with zero attached hydrogens (tertiary/aromatic N) is 3. The van der Waals surface area contributed by atoms with E-state index >= 15 is 0 Å². The lowest BCUT2D eigenvalue weighted by Gasteiger charge is -2.35. The van der Waals surface area contributed by atoms with Gasteiger partial charge in [0, 0.05) is 12.0 Å². The van der Waals surface area contributed by atoms with Crippen LogP contribution in [0.25, 0.3) is 0 Å². The Morgan fingerprint density at radius 1 is 1.28 bits per heavy atom. The van der Waals surface area contributed by atoms with Crippen LogP contribution in [0, 0.1) is 16.5 Å². The molecule has 0 saturated heterocycles. The zero-order valence-corrected chi connectivity index (χ0v) is 15.7. The molecule has 2 aromatic rings. The van der Waals surface area contributed by atoms with Crippen LogP contribution < -0.4 is 5.73 Å². The van der Waals surface area contributed by atoms with Gasteiger partial charge in [-0.3, -0.25) is 4.79 Å². The minimum Gasteiger partial charge on any atom is -0.443 e. The van der Waals surface area contributed by atoms with Crippen molar-refractivity contribution in [3.8, 4) is 0 Å². The normalized spacial score (nSPS) is 19.4. The van der Waals surface area contributed by atoms with Crippen molar-refractivity contribution in [2.75, 3.05) is 6.54 Å². The summed E-state index contributed by atoms with van der Waals surface area (Å²) in [6.45, 7) is 1.62. The SMILES string of the molecule is CC(N=O)C(=O)N1N=C(c2cc(F)ccc2F)OC1(CCCN)c1ccccc1. The fourth-order valence-electron chi connectivity index (χ4n) is 3.14. The fourth-order valence-corrected chi connectivity index (χ4v) is 3.14. The van der Waals surface area contributed by atoms with Crippen LogP contribution >= 0.6 is 0 Å². The molecule has 1 aliphatic rings. The van der Waals surface area contributed by atoms with E-state index in [0.29, 0.717) is 18.5 Å². The first-order valence-electron chi connectivity index (χ1n) is 9.08. The Morgan fingerprint density at radius 2 is 2.00 bits per heavy atom. The molecule has 29 heavy (non-hydrogen) atoms. The van der Waals surface area contributed by atoms with Crippen LogP contribution in [0.1, 0.15) is 30.9 Å². The van der Waals surface area contributed by atoms with E-state index in [1.807, 2.05) is 0 Å². The summed E-state index contributed by atoms with van der Waals surface area (Å²) in [6, 6.07) is 10.3. The summed E-state index contributed by atoms with van der Waals surface area (Å²) >= 11 is 0. The first-order valence-corrected chi connectivity index (χ1v) is 9.08. The molecule has 2 unspecified atom stereocenters. The van der Waals surface area contributed by atoms with E-state index in [0.717, 1.165) is 23.2 Å². The van der Waals surface area contributed by atoms with Gasteiger partial charge >= 0.3 is 0 Å². The highest BCUT2D eigenvalue weighted by Gasteiger charge is 2.50. The third-order valence-electron chi connectivity index (χ3n) is 4.63. The summed E-state index contributed by atoms with van der Waals surface area (Å²) in [7, 11) is 0. The lowest BCUT2D eigenvalue weighted by atomic mass is 9.96. The lowest BCUT2D eigenvalue weighted by Crippen LogP contribution is -2.48. The summed E-state index contributed by atoms with van der Waals surface area (Å²) in [5, 5.41) is 7.91. The van der Waals surface area contributed by atoms with Gasteiger partial charge in [0.05, 0.1) is 5.56 Å². The number of amides is 1. The second kappa shape index (κ2) is 8.44. The molecule has 152 valence electrons. The second-order valence-corrected chi connectivity index (χ2v) is 6.61. The highest BCUT2D eigenvalue weighted by atomic mass is 19.1. The molecule has 9 heteroatoms. The number of nitroso groups, excluding NO2 is 1. The molecule has 0 aliphatic carbocycles. The lowest BCUT2D eigenvalue weighted by molar-refractivity contribution is -0.153. The van der Waals surface area contributed by atoms with Gasteiger partial charge in [0.1, 0.15) is 11.6 Å². The van der Waals surface area contributed by atoms with Crippen LogP contribution in [0.5, 0.6) is 0 Å². The van der Waals surface area contributed by atoms with Gasteiger partial charge in [-0.15, -0.1) is 10.0 Å². The topological polar surface area (TPSA) is 97.3 Å². The number of halogens is 2.